The van der Waals surface area contributed by atoms with Gasteiger partial charge in [-0.25, -0.2) is 4.98 Å². The molecule has 2 aromatic rings. The minimum Gasteiger partial charge on any atom is -0.367 e. The molecule has 2 heterocycles. The quantitative estimate of drug-likeness (QED) is 0.658. The lowest BCUT2D eigenvalue weighted by molar-refractivity contribution is -0.385. The number of hydrogen-bond acceptors (Lipinski definition) is 5. The maximum Gasteiger partial charge on any atom is 0.290 e. The Labute approximate surface area is 115 Å². The Morgan fingerprint density at radius 2 is 2.35 bits per heavy atom. The van der Waals surface area contributed by atoms with E-state index in [1.807, 2.05) is 6.20 Å². The second-order valence-electron chi connectivity index (χ2n) is 5.07. The highest BCUT2D eigenvalue weighted by Gasteiger charge is 2.21. The molecule has 3 rings (SSSR count). The van der Waals surface area contributed by atoms with Crippen molar-refractivity contribution in [3.05, 3.63) is 45.4 Å². The van der Waals surface area contributed by atoms with Crippen LogP contribution in [0.25, 0.3) is 0 Å². The van der Waals surface area contributed by atoms with Gasteiger partial charge in [0.25, 0.3) is 5.69 Å². The van der Waals surface area contributed by atoms with Gasteiger partial charge in [0, 0.05) is 17.3 Å². The topological polar surface area (TPSA) is 96.7 Å². The number of fused-ring (bicyclic) bond motifs is 1. The Kier molecular flexibility index (Phi) is 3.09. The van der Waals surface area contributed by atoms with Gasteiger partial charge in [-0.05, 0) is 37.8 Å². The van der Waals surface area contributed by atoms with Gasteiger partial charge < -0.3 is 5.32 Å². The van der Waals surface area contributed by atoms with E-state index >= 15 is 0 Å². The Morgan fingerprint density at radius 3 is 3.10 bits per heavy atom. The number of pyridine rings is 1. The molecular weight excluding hydrogens is 258 g/mol. The highest BCUT2D eigenvalue weighted by Crippen LogP contribution is 2.23. The van der Waals surface area contributed by atoms with Crippen LogP contribution in [0.3, 0.4) is 0 Å². The normalized spacial score (nSPS) is 17.6. The van der Waals surface area contributed by atoms with Crippen LogP contribution in [-0.2, 0) is 12.8 Å². The highest BCUT2D eigenvalue weighted by atomic mass is 16.6. The van der Waals surface area contributed by atoms with E-state index in [1.165, 1.54) is 17.5 Å². The lowest BCUT2D eigenvalue weighted by Gasteiger charge is -2.23. The second kappa shape index (κ2) is 4.92. The van der Waals surface area contributed by atoms with Crippen molar-refractivity contribution in [3.8, 4) is 0 Å². The van der Waals surface area contributed by atoms with Crippen molar-refractivity contribution < 1.29 is 4.92 Å². The number of aromatic nitrogens is 3. The summed E-state index contributed by atoms with van der Waals surface area (Å²) in [4.78, 5) is 14.5. The van der Waals surface area contributed by atoms with Crippen LogP contribution >= 0.6 is 0 Å². The van der Waals surface area contributed by atoms with E-state index in [1.54, 1.807) is 13.0 Å². The molecule has 104 valence electrons. The molecule has 2 N–H and O–H groups in total. The molecule has 1 aliphatic rings. The van der Waals surface area contributed by atoms with Crippen LogP contribution in [-0.4, -0.2) is 26.1 Å². The molecule has 0 amide bonds. The van der Waals surface area contributed by atoms with Gasteiger partial charge in [0.15, 0.2) is 0 Å². The van der Waals surface area contributed by atoms with Crippen LogP contribution in [0.15, 0.2) is 18.5 Å². The summed E-state index contributed by atoms with van der Waals surface area (Å²) >= 11 is 0. The van der Waals surface area contributed by atoms with Crippen molar-refractivity contribution in [2.24, 2.45) is 0 Å². The van der Waals surface area contributed by atoms with Crippen molar-refractivity contribution in [1.29, 1.82) is 0 Å². The number of aryl methyl sites for hydroxylation is 2. The van der Waals surface area contributed by atoms with E-state index in [0.717, 1.165) is 19.3 Å². The Morgan fingerprint density at radius 1 is 1.50 bits per heavy atom. The van der Waals surface area contributed by atoms with E-state index in [-0.39, 0.29) is 11.7 Å². The molecule has 1 atom stereocenters. The number of nitrogens with one attached hydrogen (secondary N) is 2. The summed E-state index contributed by atoms with van der Waals surface area (Å²) in [5, 5.41) is 21.2. The summed E-state index contributed by atoms with van der Waals surface area (Å²) in [5.41, 5.74) is 3.10. The molecule has 20 heavy (non-hydrogen) atoms. The lowest BCUT2D eigenvalue weighted by Crippen LogP contribution is -2.27. The molecule has 0 fully saturated rings. The van der Waals surface area contributed by atoms with Gasteiger partial charge >= 0.3 is 0 Å². The van der Waals surface area contributed by atoms with E-state index in [0.29, 0.717) is 11.4 Å². The minimum atomic E-state index is -0.412. The average molecular weight is 273 g/mol. The number of nitrogens with zero attached hydrogens (tertiary/aromatic N) is 3. The fraction of sp³-hybridized carbons (Fsp3) is 0.385. The van der Waals surface area contributed by atoms with Crippen LogP contribution < -0.4 is 5.32 Å². The molecule has 2 aromatic heterocycles. The predicted molar refractivity (Wildman–Crippen MR) is 73.7 cm³/mol. The fourth-order valence-electron chi connectivity index (χ4n) is 2.57. The number of rotatable bonds is 3. The van der Waals surface area contributed by atoms with Gasteiger partial charge in [0.2, 0.25) is 0 Å². The Hall–Kier alpha value is -2.44. The van der Waals surface area contributed by atoms with Crippen molar-refractivity contribution in [2.45, 2.75) is 32.2 Å². The third-order valence-electron chi connectivity index (χ3n) is 3.65. The first-order valence-corrected chi connectivity index (χ1v) is 6.52. The second-order valence-corrected chi connectivity index (χ2v) is 5.07. The van der Waals surface area contributed by atoms with Crippen LogP contribution in [0.2, 0.25) is 0 Å². The zero-order valence-electron chi connectivity index (χ0n) is 11.1. The number of H-pyrrole nitrogens is 1. The minimum absolute atomic E-state index is 0.0521. The Bertz CT molecular complexity index is 652. The van der Waals surface area contributed by atoms with Gasteiger partial charge in [-0.15, -0.1) is 0 Å². The van der Waals surface area contributed by atoms with E-state index in [4.69, 9.17) is 0 Å². The Balaban J connectivity index is 1.73. The maximum atomic E-state index is 10.8. The fourth-order valence-corrected chi connectivity index (χ4v) is 2.57. The van der Waals surface area contributed by atoms with Crippen molar-refractivity contribution >= 4 is 11.5 Å². The van der Waals surface area contributed by atoms with Gasteiger partial charge in [-0.2, -0.15) is 5.10 Å². The van der Waals surface area contributed by atoms with E-state index in [2.05, 4.69) is 20.5 Å². The summed E-state index contributed by atoms with van der Waals surface area (Å²) in [7, 11) is 0. The summed E-state index contributed by atoms with van der Waals surface area (Å²) in [5.74, 6) is 0.685. The number of anilines is 1. The monoisotopic (exact) mass is 273 g/mol. The lowest BCUT2D eigenvalue weighted by atomic mass is 9.93. The third-order valence-corrected chi connectivity index (χ3v) is 3.65. The van der Waals surface area contributed by atoms with Crippen molar-refractivity contribution in [3.63, 3.8) is 0 Å². The molecule has 0 aliphatic heterocycles. The van der Waals surface area contributed by atoms with E-state index < -0.39 is 4.92 Å². The standard InChI is InChI=1S/C13H15N5O2/c1-8-4-13(14-7-12(8)18(19)20)16-10-2-3-11-9(5-10)6-15-17-11/h4,6-7,10H,2-3,5H2,1H3,(H,14,16)(H,15,17). The molecule has 0 saturated carbocycles. The largest absolute Gasteiger partial charge is 0.367 e. The first kappa shape index (κ1) is 12.6. The van der Waals surface area contributed by atoms with Crippen LogP contribution in [0.4, 0.5) is 11.5 Å². The molecule has 7 nitrogen and oxygen atoms in total. The molecule has 1 unspecified atom stereocenters. The summed E-state index contributed by atoms with van der Waals surface area (Å²) in [6.45, 7) is 1.72. The predicted octanol–water partition coefficient (Wildman–Crippen LogP) is 1.99. The maximum absolute atomic E-state index is 10.8. The highest BCUT2D eigenvalue weighted by molar-refractivity contribution is 5.47. The van der Waals surface area contributed by atoms with Gasteiger partial charge in [-0.3, -0.25) is 15.2 Å². The van der Waals surface area contributed by atoms with Crippen LogP contribution in [0.5, 0.6) is 0 Å². The first-order valence-electron chi connectivity index (χ1n) is 6.52. The molecule has 0 saturated heterocycles. The average Bonchev–Trinajstić information content (AvgIpc) is 2.85. The number of aromatic amines is 1. The van der Waals surface area contributed by atoms with Crippen LogP contribution in [0.1, 0.15) is 23.2 Å². The van der Waals surface area contributed by atoms with E-state index in [9.17, 15) is 10.1 Å². The molecule has 0 bridgehead atoms. The first-order chi connectivity index (χ1) is 9.63. The number of hydrogen-bond donors (Lipinski definition) is 2. The summed E-state index contributed by atoms with van der Waals surface area (Å²) in [6, 6.07) is 2.01. The smallest absolute Gasteiger partial charge is 0.290 e. The zero-order valence-corrected chi connectivity index (χ0v) is 11.1. The third kappa shape index (κ3) is 2.34. The van der Waals surface area contributed by atoms with Gasteiger partial charge in [-0.1, -0.05) is 0 Å². The number of nitro groups is 1. The SMILES string of the molecule is Cc1cc(NC2CCc3[nH]ncc3C2)ncc1[N+](=O)[O-]. The van der Waals surface area contributed by atoms with Gasteiger partial charge in [0.05, 0.1) is 11.1 Å². The summed E-state index contributed by atoms with van der Waals surface area (Å²) in [6.07, 6.45) is 6.01. The van der Waals surface area contributed by atoms with Gasteiger partial charge in [0.1, 0.15) is 12.0 Å². The molecular formula is C13H15N5O2. The molecule has 7 heteroatoms. The summed E-state index contributed by atoms with van der Waals surface area (Å²) < 4.78 is 0. The van der Waals surface area contributed by atoms with Crippen molar-refractivity contribution in [1.82, 2.24) is 15.2 Å². The zero-order chi connectivity index (χ0) is 14.1. The molecule has 1 aliphatic carbocycles. The van der Waals surface area contributed by atoms with Crippen molar-refractivity contribution in [2.75, 3.05) is 5.32 Å². The van der Waals surface area contributed by atoms with Crippen LogP contribution in [0, 0.1) is 17.0 Å². The molecule has 0 aromatic carbocycles. The molecule has 0 radical (unpaired) electrons. The molecule has 0 spiro atoms.